The summed E-state index contributed by atoms with van der Waals surface area (Å²) in [6.07, 6.45) is 8.44. The molecule has 0 aliphatic carbocycles. The van der Waals surface area contributed by atoms with Gasteiger partial charge in [-0.25, -0.2) is 0 Å². The topological polar surface area (TPSA) is 0 Å². The van der Waals surface area contributed by atoms with E-state index in [0.29, 0.717) is 0 Å². The van der Waals surface area contributed by atoms with Crippen LogP contribution in [0.4, 0.5) is 0 Å². The van der Waals surface area contributed by atoms with E-state index in [-0.39, 0.29) is 0 Å². The van der Waals surface area contributed by atoms with Crippen LogP contribution in [0.15, 0.2) is 84.9 Å². The van der Waals surface area contributed by atoms with Crippen LogP contribution in [-0.4, -0.2) is 0 Å². The van der Waals surface area contributed by atoms with Crippen LogP contribution in [0.5, 0.6) is 0 Å². The van der Waals surface area contributed by atoms with Gasteiger partial charge in [0, 0.05) is 0 Å². The van der Waals surface area contributed by atoms with E-state index in [1.165, 1.54) is 21.9 Å². The van der Waals surface area contributed by atoms with Crippen molar-refractivity contribution in [3.05, 3.63) is 96.1 Å². The Morgan fingerprint density at radius 1 is 0.550 bits per heavy atom. The van der Waals surface area contributed by atoms with Crippen molar-refractivity contribution in [1.29, 1.82) is 0 Å². The Morgan fingerprint density at radius 2 is 1.25 bits per heavy atom. The summed E-state index contributed by atoms with van der Waals surface area (Å²) in [7, 11) is 0. The van der Waals surface area contributed by atoms with Gasteiger partial charge in [-0.2, -0.15) is 0 Å². The summed E-state index contributed by atoms with van der Waals surface area (Å²) >= 11 is 0. The molecule has 20 heavy (non-hydrogen) atoms. The maximum absolute atomic E-state index is 2.16. The van der Waals surface area contributed by atoms with E-state index >= 15 is 0 Å². The lowest BCUT2D eigenvalue weighted by molar-refractivity contribution is 1.66. The number of fused-ring (bicyclic) bond motifs is 1. The molecule has 0 fully saturated rings. The second-order valence-corrected chi connectivity index (χ2v) is 4.70. The first kappa shape index (κ1) is 12.4. The van der Waals surface area contributed by atoms with Crippen molar-refractivity contribution in [2.24, 2.45) is 0 Å². The van der Waals surface area contributed by atoms with E-state index in [4.69, 9.17) is 0 Å². The van der Waals surface area contributed by atoms with E-state index in [1.54, 1.807) is 0 Å². The molecule has 3 aromatic carbocycles. The summed E-state index contributed by atoms with van der Waals surface area (Å²) in [4.78, 5) is 0. The summed E-state index contributed by atoms with van der Waals surface area (Å²) in [5.41, 5.74) is 2.47. The van der Waals surface area contributed by atoms with Gasteiger partial charge in [-0.3, -0.25) is 0 Å². The first-order chi connectivity index (χ1) is 9.93. The van der Waals surface area contributed by atoms with Crippen LogP contribution >= 0.6 is 0 Å². The summed E-state index contributed by atoms with van der Waals surface area (Å²) in [5.74, 6) is 0. The van der Waals surface area contributed by atoms with Crippen LogP contribution in [0.25, 0.3) is 22.9 Å². The van der Waals surface area contributed by atoms with Crippen LogP contribution in [0.1, 0.15) is 11.1 Å². The fourth-order valence-corrected chi connectivity index (χ4v) is 2.29. The molecule has 0 nitrogen and oxygen atoms in total. The molecule has 0 heterocycles. The summed E-state index contributed by atoms with van der Waals surface area (Å²) in [5, 5.41) is 2.57. The van der Waals surface area contributed by atoms with Crippen molar-refractivity contribution >= 4 is 22.9 Å². The second kappa shape index (κ2) is 6.03. The minimum atomic E-state index is 1.22. The lowest BCUT2D eigenvalue weighted by Crippen LogP contribution is -1.76. The third-order valence-electron chi connectivity index (χ3n) is 3.30. The van der Waals surface area contributed by atoms with Crippen LogP contribution in [-0.2, 0) is 0 Å². The van der Waals surface area contributed by atoms with Gasteiger partial charge in [0.25, 0.3) is 0 Å². The Hall–Kier alpha value is -2.60. The maximum atomic E-state index is 2.16. The van der Waals surface area contributed by atoms with Gasteiger partial charge >= 0.3 is 0 Å². The lowest BCUT2D eigenvalue weighted by Gasteiger charge is -2.00. The minimum absolute atomic E-state index is 1.22. The van der Waals surface area contributed by atoms with Crippen molar-refractivity contribution < 1.29 is 0 Å². The molecule has 0 N–H and O–H groups in total. The van der Waals surface area contributed by atoms with Gasteiger partial charge < -0.3 is 0 Å². The summed E-state index contributed by atoms with van der Waals surface area (Å²) in [6.45, 7) is 0. The molecule has 96 valence electrons. The molecule has 3 rings (SSSR count). The predicted octanol–water partition coefficient (Wildman–Crippen LogP) is 5.57. The van der Waals surface area contributed by atoms with Gasteiger partial charge in [0.1, 0.15) is 0 Å². The molecule has 0 heteroatoms. The largest absolute Gasteiger partial charge is 0.0622 e. The number of hydrogen-bond donors (Lipinski definition) is 0. The zero-order valence-electron chi connectivity index (χ0n) is 11.2. The molecule has 0 atom stereocenters. The fraction of sp³-hybridized carbons (Fsp3) is 0. The highest BCUT2D eigenvalue weighted by atomic mass is 14.0. The van der Waals surface area contributed by atoms with E-state index in [1.807, 2.05) is 18.2 Å². The monoisotopic (exact) mass is 256 g/mol. The van der Waals surface area contributed by atoms with Gasteiger partial charge in [0.05, 0.1) is 0 Å². The van der Waals surface area contributed by atoms with Crippen LogP contribution in [0.3, 0.4) is 0 Å². The Bertz CT molecular complexity index is 744. The maximum Gasteiger partial charge on any atom is -0.0111 e. The SMILES string of the molecule is C(=C/c1ccccc1)/C=C/c1cccc2ccccc12. The normalized spacial score (nSPS) is 11.6. The molecule has 0 amide bonds. The van der Waals surface area contributed by atoms with E-state index < -0.39 is 0 Å². The molecular formula is C20H16. The number of benzene rings is 3. The average molecular weight is 256 g/mol. The van der Waals surface area contributed by atoms with Crippen molar-refractivity contribution in [1.82, 2.24) is 0 Å². The second-order valence-electron chi connectivity index (χ2n) is 4.70. The first-order valence-electron chi connectivity index (χ1n) is 6.81. The van der Waals surface area contributed by atoms with Gasteiger partial charge in [-0.15, -0.1) is 0 Å². The number of rotatable bonds is 3. The zero-order chi connectivity index (χ0) is 13.6. The Kier molecular flexibility index (Phi) is 3.75. The van der Waals surface area contributed by atoms with Crippen molar-refractivity contribution in [2.45, 2.75) is 0 Å². The van der Waals surface area contributed by atoms with Gasteiger partial charge in [0.15, 0.2) is 0 Å². The quantitative estimate of drug-likeness (QED) is 0.538. The molecular weight excluding hydrogens is 240 g/mol. The average Bonchev–Trinajstić information content (AvgIpc) is 2.53. The van der Waals surface area contributed by atoms with Gasteiger partial charge in [0.2, 0.25) is 0 Å². The van der Waals surface area contributed by atoms with Crippen molar-refractivity contribution in [3.8, 4) is 0 Å². The van der Waals surface area contributed by atoms with E-state index in [0.717, 1.165) is 0 Å². The van der Waals surface area contributed by atoms with Gasteiger partial charge in [-0.05, 0) is 21.9 Å². The minimum Gasteiger partial charge on any atom is -0.0622 e. The molecule has 0 aliphatic rings. The van der Waals surface area contributed by atoms with Crippen LogP contribution in [0, 0.1) is 0 Å². The molecule has 0 saturated carbocycles. The molecule has 0 radical (unpaired) electrons. The van der Waals surface area contributed by atoms with Crippen LogP contribution < -0.4 is 0 Å². The number of allylic oxidation sites excluding steroid dienone is 2. The molecule has 0 bridgehead atoms. The molecule has 0 spiro atoms. The molecule has 3 aromatic rings. The molecule has 0 aliphatic heterocycles. The molecule has 0 saturated heterocycles. The predicted molar refractivity (Wildman–Crippen MR) is 88.5 cm³/mol. The van der Waals surface area contributed by atoms with Gasteiger partial charge in [-0.1, -0.05) is 97.1 Å². The first-order valence-corrected chi connectivity index (χ1v) is 6.81. The summed E-state index contributed by atoms with van der Waals surface area (Å²) in [6, 6.07) is 25.2. The smallest absolute Gasteiger partial charge is 0.0111 e. The third kappa shape index (κ3) is 2.86. The highest BCUT2D eigenvalue weighted by Gasteiger charge is 1.95. The highest BCUT2D eigenvalue weighted by molar-refractivity contribution is 5.90. The Morgan fingerprint density at radius 3 is 2.15 bits per heavy atom. The summed E-state index contributed by atoms with van der Waals surface area (Å²) < 4.78 is 0. The lowest BCUT2D eigenvalue weighted by atomic mass is 10.0. The van der Waals surface area contributed by atoms with Crippen LogP contribution in [0.2, 0.25) is 0 Å². The zero-order valence-corrected chi connectivity index (χ0v) is 11.2. The van der Waals surface area contributed by atoms with E-state index in [9.17, 15) is 0 Å². The molecule has 0 aromatic heterocycles. The standard InChI is InChI=1S/C20H16/c1-2-9-17(10-3-1)11-4-5-12-18-14-8-15-19-13-6-7-16-20(18)19/h1-16H/b11-4-,12-5+. The number of hydrogen-bond acceptors (Lipinski definition) is 0. The van der Waals surface area contributed by atoms with E-state index in [2.05, 4.69) is 78.9 Å². The Balaban J connectivity index is 1.83. The Labute approximate surface area is 119 Å². The van der Waals surface area contributed by atoms with Crippen molar-refractivity contribution in [2.75, 3.05) is 0 Å². The highest BCUT2D eigenvalue weighted by Crippen LogP contribution is 2.19. The third-order valence-corrected chi connectivity index (χ3v) is 3.30. The van der Waals surface area contributed by atoms with Crippen molar-refractivity contribution in [3.63, 3.8) is 0 Å². The fourth-order valence-electron chi connectivity index (χ4n) is 2.29. The molecule has 0 unspecified atom stereocenters.